The van der Waals surface area contributed by atoms with Gasteiger partial charge in [0.2, 0.25) is 0 Å². The molecule has 0 saturated carbocycles. The maximum Gasteiger partial charge on any atom is 0.410 e. The average Bonchev–Trinajstić information content (AvgIpc) is 2.93. The molecule has 0 aromatic heterocycles. The number of thioether (sulfide) groups is 1. The molecule has 23 heavy (non-hydrogen) atoms. The summed E-state index contributed by atoms with van der Waals surface area (Å²) in [5, 5.41) is 0. The lowest BCUT2D eigenvalue weighted by molar-refractivity contribution is 0.0289. The predicted molar refractivity (Wildman–Crippen MR) is 107 cm³/mol. The number of ether oxygens (including phenoxy) is 1. The monoisotopic (exact) mass is 456 g/mol. The minimum Gasteiger partial charge on any atom is -0.444 e. The summed E-state index contributed by atoms with van der Waals surface area (Å²) in [7, 11) is 0. The van der Waals surface area contributed by atoms with Crippen LogP contribution in [0.15, 0.2) is 4.99 Å². The third kappa shape index (κ3) is 6.94. The van der Waals surface area contributed by atoms with Gasteiger partial charge in [-0.3, -0.25) is 4.99 Å². The number of guanidine groups is 1. The summed E-state index contributed by atoms with van der Waals surface area (Å²) in [4.78, 5) is 20.5. The van der Waals surface area contributed by atoms with E-state index in [4.69, 9.17) is 10.5 Å². The van der Waals surface area contributed by atoms with E-state index < -0.39 is 5.60 Å². The Balaban J connectivity index is 0.00000264. The fraction of sp³-hybridized carbons (Fsp3) is 0.867. The van der Waals surface area contributed by atoms with E-state index in [-0.39, 0.29) is 30.1 Å². The van der Waals surface area contributed by atoms with Crippen molar-refractivity contribution in [3.8, 4) is 0 Å². The van der Waals surface area contributed by atoms with Crippen molar-refractivity contribution < 1.29 is 9.53 Å². The largest absolute Gasteiger partial charge is 0.444 e. The first kappa shape index (κ1) is 20.7. The van der Waals surface area contributed by atoms with E-state index in [0.29, 0.717) is 25.0 Å². The number of likely N-dealkylation sites (tertiary alicyclic amines) is 1. The summed E-state index contributed by atoms with van der Waals surface area (Å²) >= 11 is 1.96. The zero-order valence-corrected chi connectivity index (χ0v) is 17.4. The van der Waals surface area contributed by atoms with E-state index >= 15 is 0 Å². The van der Waals surface area contributed by atoms with Crippen molar-refractivity contribution in [3.05, 3.63) is 0 Å². The Morgan fingerprint density at radius 3 is 2.52 bits per heavy atom. The number of carbonyl (C=O) groups excluding carboxylic acids is 1. The van der Waals surface area contributed by atoms with Crippen LogP contribution in [-0.4, -0.2) is 71.7 Å². The lowest BCUT2D eigenvalue weighted by Gasteiger charge is -2.27. The highest BCUT2D eigenvalue weighted by Crippen LogP contribution is 2.20. The topological polar surface area (TPSA) is 71.2 Å². The highest BCUT2D eigenvalue weighted by molar-refractivity contribution is 14.0. The molecule has 2 heterocycles. The highest BCUT2D eigenvalue weighted by Gasteiger charge is 2.29. The van der Waals surface area contributed by atoms with Gasteiger partial charge in [0.1, 0.15) is 5.60 Å². The molecule has 134 valence electrons. The standard InChI is InChI=1S/C15H28N4O2S.HI/c1-15(2,3)21-14(20)19-5-4-12(11-19)10-17-13(16)18-6-8-22-9-7-18;/h12H,4-11H2,1-3H3,(H2,16,17);1H. The van der Waals surface area contributed by atoms with Crippen LogP contribution in [0.2, 0.25) is 0 Å². The zero-order chi connectivity index (χ0) is 16.2. The lowest BCUT2D eigenvalue weighted by Crippen LogP contribution is -2.43. The van der Waals surface area contributed by atoms with Crippen molar-refractivity contribution >= 4 is 47.8 Å². The maximum atomic E-state index is 12.0. The number of amides is 1. The number of hydrogen-bond acceptors (Lipinski definition) is 4. The maximum absolute atomic E-state index is 12.0. The van der Waals surface area contributed by atoms with Crippen molar-refractivity contribution in [2.24, 2.45) is 16.6 Å². The van der Waals surface area contributed by atoms with E-state index in [0.717, 1.165) is 37.6 Å². The van der Waals surface area contributed by atoms with E-state index in [1.54, 1.807) is 4.90 Å². The summed E-state index contributed by atoms with van der Waals surface area (Å²) in [5.74, 6) is 3.26. The van der Waals surface area contributed by atoms with Gasteiger partial charge in [0.25, 0.3) is 0 Å². The van der Waals surface area contributed by atoms with Gasteiger partial charge in [0, 0.05) is 44.2 Å². The molecule has 2 N–H and O–H groups in total. The zero-order valence-electron chi connectivity index (χ0n) is 14.3. The quantitative estimate of drug-likeness (QED) is 0.392. The third-order valence-corrected chi connectivity index (χ3v) is 4.73. The van der Waals surface area contributed by atoms with Crippen molar-refractivity contribution in [2.75, 3.05) is 44.2 Å². The molecule has 2 aliphatic rings. The van der Waals surface area contributed by atoms with E-state index in [2.05, 4.69) is 9.89 Å². The Labute approximate surface area is 160 Å². The molecule has 2 fully saturated rings. The van der Waals surface area contributed by atoms with Crippen molar-refractivity contribution in [1.82, 2.24) is 9.80 Å². The normalized spacial score (nSPS) is 22.7. The van der Waals surface area contributed by atoms with Gasteiger partial charge >= 0.3 is 6.09 Å². The van der Waals surface area contributed by atoms with Gasteiger partial charge in [-0.2, -0.15) is 11.8 Å². The molecule has 8 heteroatoms. The van der Waals surface area contributed by atoms with Crippen molar-refractivity contribution in [3.63, 3.8) is 0 Å². The van der Waals surface area contributed by atoms with Crippen LogP contribution in [0.5, 0.6) is 0 Å². The molecule has 0 aromatic carbocycles. The number of carbonyl (C=O) groups is 1. The van der Waals surface area contributed by atoms with Gasteiger partial charge in [-0.25, -0.2) is 4.79 Å². The number of nitrogens with two attached hydrogens (primary N) is 1. The van der Waals surface area contributed by atoms with Crippen LogP contribution in [0.25, 0.3) is 0 Å². The Bertz CT molecular complexity index is 422. The fourth-order valence-electron chi connectivity index (χ4n) is 2.59. The van der Waals surface area contributed by atoms with E-state index in [1.165, 1.54) is 0 Å². The molecule has 0 aromatic rings. The summed E-state index contributed by atoms with van der Waals surface area (Å²) in [6, 6.07) is 0. The molecule has 6 nitrogen and oxygen atoms in total. The molecule has 2 aliphatic heterocycles. The highest BCUT2D eigenvalue weighted by atomic mass is 127. The molecular weight excluding hydrogens is 427 g/mol. The third-order valence-electron chi connectivity index (χ3n) is 3.78. The van der Waals surface area contributed by atoms with Crippen LogP contribution in [0.1, 0.15) is 27.2 Å². The first-order valence-electron chi connectivity index (χ1n) is 7.96. The summed E-state index contributed by atoms with van der Waals surface area (Å²) in [5.41, 5.74) is 5.63. The van der Waals surface area contributed by atoms with Crippen LogP contribution < -0.4 is 5.73 Å². The number of nitrogens with zero attached hydrogens (tertiary/aromatic N) is 3. The Morgan fingerprint density at radius 2 is 1.91 bits per heavy atom. The number of hydrogen-bond donors (Lipinski definition) is 1. The summed E-state index contributed by atoms with van der Waals surface area (Å²) in [6.45, 7) is 9.77. The van der Waals surface area contributed by atoms with Crippen LogP contribution in [0.4, 0.5) is 4.79 Å². The minimum atomic E-state index is -0.440. The van der Waals surface area contributed by atoms with Gasteiger partial charge in [-0.05, 0) is 33.1 Å². The smallest absolute Gasteiger partial charge is 0.410 e. The SMILES string of the molecule is CC(C)(C)OC(=O)N1CCC(CN=C(N)N2CCSCC2)C1.I. The van der Waals surface area contributed by atoms with E-state index in [1.807, 2.05) is 32.5 Å². The molecule has 2 rings (SSSR count). The average molecular weight is 456 g/mol. The predicted octanol–water partition coefficient (Wildman–Crippen LogP) is 2.22. The van der Waals surface area contributed by atoms with Gasteiger partial charge in [0.05, 0.1) is 0 Å². The summed E-state index contributed by atoms with van der Waals surface area (Å²) in [6.07, 6.45) is 0.742. The molecule has 1 unspecified atom stereocenters. The molecule has 1 atom stereocenters. The molecule has 1 amide bonds. The first-order chi connectivity index (χ1) is 10.3. The lowest BCUT2D eigenvalue weighted by atomic mass is 10.1. The minimum absolute atomic E-state index is 0. The van der Waals surface area contributed by atoms with Crippen LogP contribution in [0, 0.1) is 5.92 Å². The number of halogens is 1. The second-order valence-corrected chi connectivity index (χ2v) is 8.10. The van der Waals surface area contributed by atoms with Crippen LogP contribution >= 0.6 is 35.7 Å². The molecule has 0 radical (unpaired) electrons. The molecule has 0 spiro atoms. The fourth-order valence-corrected chi connectivity index (χ4v) is 3.49. The summed E-state index contributed by atoms with van der Waals surface area (Å²) < 4.78 is 5.41. The second-order valence-electron chi connectivity index (χ2n) is 6.88. The number of aliphatic imine (C=N–C) groups is 1. The molecule has 0 aliphatic carbocycles. The van der Waals surface area contributed by atoms with Gasteiger partial charge in [-0.15, -0.1) is 24.0 Å². The van der Waals surface area contributed by atoms with Crippen LogP contribution in [0.3, 0.4) is 0 Å². The van der Waals surface area contributed by atoms with Crippen LogP contribution in [-0.2, 0) is 4.74 Å². The van der Waals surface area contributed by atoms with Crippen molar-refractivity contribution in [2.45, 2.75) is 32.8 Å². The van der Waals surface area contributed by atoms with Gasteiger partial charge < -0.3 is 20.3 Å². The van der Waals surface area contributed by atoms with Gasteiger partial charge in [0.15, 0.2) is 5.96 Å². The Kier molecular flexibility index (Phi) is 8.26. The molecule has 0 bridgehead atoms. The Hall–Kier alpha value is -0.380. The Morgan fingerprint density at radius 1 is 1.26 bits per heavy atom. The first-order valence-corrected chi connectivity index (χ1v) is 9.11. The molecule has 2 saturated heterocycles. The number of rotatable bonds is 2. The second kappa shape index (κ2) is 9.19. The van der Waals surface area contributed by atoms with Gasteiger partial charge in [-0.1, -0.05) is 0 Å². The van der Waals surface area contributed by atoms with Crippen molar-refractivity contribution in [1.29, 1.82) is 0 Å². The molecular formula is C15H29IN4O2S. The van der Waals surface area contributed by atoms with E-state index in [9.17, 15) is 4.79 Å².